The van der Waals surface area contributed by atoms with Crippen LogP contribution in [0.4, 0.5) is 4.39 Å². The molecule has 1 aliphatic rings. The van der Waals surface area contributed by atoms with E-state index >= 15 is 0 Å². The van der Waals surface area contributed by atoms with Gasteiger partial charge in [0.05, 0.1) is 0 Å². The molecule has 1 fully saturated rings. The monoisotopic (exact) mass is 237 g/mol. The number of rotatable bonds is 5. The number of benzene rings is 1. The Hall–Kier alpha value is -1.09. The molecule has 1 aromatic rings. The molecule has 1 saturated heterocycles. The molecule has 2 unspecified atom stereocenters. The fourth-order valence-electron chi connectivity index (χ4n) is 2.36. The molecule has 2 rings (SSSR count). The molecule has 1 aromatic carbocycles. The molecule has 0 radical (unpaired) electrons. The Morgan fingerprint density at radius 2 is 2.18 bits per heavy atom. The molecule has 2 atom stereocenters. The number of hydrogen-bond acceptors (Lipinski definition) is 2. The van der Waals surface area contributed by atoms with Crippen molar-refractivity contribution in [2.45, 2.75) is 32.3 Å². The van der Waals surface area contributed by atoms with Crippen molar-refractivity contribution < 1.29 is 9.13 Å². The Morgan fingerprint density at radius 3 is 2.76 bits per heavy atom. The van der Waals surface area contributed by atoms with Crippen molar-refractivity contribution >= 4 is 0 Å². The van der Waals surface area contributed by atoms with Crippen molar-refractivity contribution in [1.82, 2.24) is 5.32 Å². The van der Waals surface area contributed by atoms with Crippen LogP contribution in [0, 0.1) is 11.7 Å². The van der Waals surface area contributed by atoms with E-state index in [1.54, 1.807) is 12.1 Å². The lowest BCUT2D eigenvalue weighted by Gasteiger charge is -2.24. The van der Waals surface area contributed by atoms with Gasteiger partial charge < -0.3 is 10.1 Å². The molecule has 1 heterocycles. The third kappa shape index (κ3) is 3.43. The van der Waals surface area contributed by atoms with Gasteiger partial charge in [0.15, 0.2) is 0 Å². The first kappa shape index (κ1) is 12.4. The van der Waals surface area contributed by atoms with Crippen LogP contribution in [-0.2, 0) is 0 Å². The summed E-state index contributed by atoms with van der Waals surface area (Å²) in [5.74, 6) is 1.14. The maximum absolute atomic E-state index is 12.8. The maximum atomic E-state index is 12.8. The van der Waals surface area contributed by atoms with Gasteiger partial charge in [-0.1, -0.05) is 13.3 Å². The van der Waals surface area contributed by atoms with E-state index < -0.39 is 0 Å². The molecule has 0 saturated carbocycles. The van der Waals surface area contributed by atoms with E-state index in [1.807, 2.05) is 0 Å². The van der Waals surface area contributed by atoms with Crippen molar-refractivity contribution in [1.29, 1.82) is 0 Å². The Morgan fingerprint density at radius 1 is 1.41 bits per heavy atom. The predicted molar refractivity (Wildman–Crippen MR) is 66.7 cm³/mol. The van der Waals surface area contributed by atoms with Crippen molar-refractivity contribution in [2.75, 3.05) is 13.1 Å². The lowest BCUT2D eigenvalue weighted by molar-refractivity contribution is 0.132. The summed E-state index contributed by atoms with van der Waals surface area (Å²) in [6, 6.07) is 6.32. The highest BCUT2D eigenvalue weighted by molar-refractivity contribution is 5.22. The highest BCUT2D eigenvalue weighted by atomic mass is 19.1. The zero-order valence-electron chi connectivity index (χ0n) is 10.3. The normalized spacial score (nSPS) is 21.4. The van der Waals surface area contributed by atoms with Crippen molar-refractivity contribution in [2.24, 2.45) is 5.92 Å². The topological polar surface area (TPSA) is 21.3 Å². The van der Waals surface area contributed by atoms with Gasteiger partial charge in [0, 0.05) is 12.5 Å². The molecule has 17 heavy (non-hydrogen) atoms. The Kier molecular flexibility index (Phi) is 4.37. The van der Waals surface area contributed by atoms with Crippen molar-refractivity contribution in [3.63, 3.8) is 0 Å². The minimum Gasteiger partial charge on any atom is -0.490 e. The van der Waals surface area contributed by atoms with Crippen LogP contribution in [0.5, 0.6) is 5.75 Å². The second kappa shape index (κ2) is 6.01. The van der Waals surface area contributed by atoms with Gasteiger partial charge in [0.1, 0.15) is 17.7 Å². The standard InChI is InChI=1S/C14H20FNO/c1-2-3-14(11-8-9-16-10-11)17-13-6-4-12(15)5-7-13/h4-7,11,14,16H,2-3,8-10H2,1H3. The SMILES string of the molecule is CCCC(Oc1ccc(F)cc1)C1CCNC1. The van der Waals surface area contributed by atoms with Gasteiger partial charge in [0.2, 0.25) is 0 Å². The van der Waals surface area contributed by atoms with Crippen LogP contribution in [0.25, 0.3) is 0 Å². The predicted octanol–water partition coefficient (Wildman–Crippen LogP) is 2.98. The van der Waals surface area contributed by atoms with Crippen LogP contribution >= 0.6 is 0 Å². The Bertz CT molecular complexity index is 333. The van der Waals surface area contributed by atoms with E-state index in [9.17, 15) is 4.39 Å². The first-order chi connectivity index (χ1) is 8.29. The third-order valence-electron chi connectivity index (χ3n) is 3.30. The summed E-state index contributed by atoms with van der Waals surface area (Å²) in [4.78, 5) is 0. The zero-order chi connectivity index (χ0) is 12.1. The summed E-state index contributed by atoms with van der Waals surface area (Å²) in [6.07, 6.45) is 3.60. The number of nitrogens with one attached hydrogen (secondary N) is 1. The first-order valence-corrected chi connectivity index (χ1v) is 6.42. The van der Waals surface area contributed by atoms with Crippen LogP contribution in [0.2, 0.25) is 0 Å². The number of hydrogen-bond donors (Lipinski definition) is 1. The van der Waals surface area contributed by atoms with Gasteiger partial charge in [-0.15, -0.1) is 0 Å². The molecule has 0 aromatic heterocycles. The van der Waals surface area contributed by atoms with Crippen LogP contribution < -0.4 is 10.1 Å². The molecule has 0 aliphatic carbocycles. The molecule has 0 amide bonds. The zero-order valence-corrected chi connectivity index (χ0v) is 10.3. The fraction of sp³-hybridized carbons (Fsp3) is 0.571. The maximum Gasteiger partial charge on any atom is 0.123 e. The quantitative estimate of drug-likeness (QED) is 0.850. The van der Waals surface area contributed by atoms with Crippen LogP contribution in [-0.4, -0.2) is 19.2 Å². The molecular formula is C14H20FNO. The first-order valence-electron chi connectivity index (χ1n) is 6.42. The van der Waals surface area contributed by atoms with Gasteiger partial charge in [-0.05, 0) is 43.7 Å². The molecule has 1 N–H and O–H groups in total. The van der Waals surface area contributed by atoms with Crippen LogP contribution in [0.3, 0.4) is 0 Å². The molecule has 3 heteroatoms. The molecule has 0 bridgehead atoms. The van der Waals surface area contributed by atoms with E-state index in [4.69, 9.17) is 4.74 Å². The van der Waals surface area contributed by atoms with E-state index in [2.05, 4.69) is 12.2 Å². The second-order valence-electron chi connectivity index (χ2n) is 4.65. The van der Waals surface area contributed by atoms with E-state index in [0.717, 1.165) is 31.7 Å². The smallest absolute Gasteiger partial charge is 0.123 e. The Balaban J connectivity index is 1.98. The summed E-state index contributed by atoms with van der Waals surface area (Å²) < 4.78 is 18.8. The van der Waals surface area contributed by atoms with Crippen molar-refractivity contribution in [3.05, 3.63) is 30.1 Å². The molecule has 2 nitrogen and oxygen atoms in total. The molecule has 1 aliphatic heterocycles. The average Bonchev–Trinajstić information content (AvgIpc) is 2.85. The van der Waals surface area contributed by atoms with E-state index in [0.29, 0.717) is 5.92 Å². The van der Waals surface area contributed by atoms with Crippen molar-refractivity contribution in [3.8, 4) is 5.75 Å². The molecule has 94 valence electrons. The van der Waals surface area contributed by atoms with Gasteiger partial charge in [0.25, 0.3) is 0 Å². The second-order valence-corrected chi connectivity index (χ2v) is 4.65. The lowest BCUT2D eigenvalue weighted by Crippen LogP contribution is -2.28. The minimum atomic E-state index is -0.216. The summed E-state index contributed by atoms with van der Waals surface area (Å²) in [6.45, 7) is 4.28. The van der Waals surface area contributed by atoms with Gasteiger partial charge in [-0.25, -0.2) is 4.39 Å². The molecule has 0 spiro atoms. The number of halogens is 1. The molecular weight excluding hydrogens is 217 g/mol. The fourth-order valence-corrected chi connectivity index (χ4v) is 2.36. The van der Waals surface area contributed by atoms with E-state index in [-0.39, 0.29) is 11.9 Å². The Labute approximate surface area is 102 Å². The summed E-state index contributed by atoms with van der Waals surface area (Å²) in [7, 11) is 0. The lowest BCUT2D eigenvalue weighted by atomic mass is 9.97. The van der Waals surface area contributed by atoms with Gasteiger partial charge in [-0.2, -0.15) is 0 Å². The minimum absolute atomic E-state index is 0.216. The summed E-state index contributed by atoms with van der Waals surface area (Å²) >= 11 is 0. The van der Waals surface area contributed by atoms with Gasteiger partial charge in [-0.3, -0.25) is 0 Å². The average molecular weight is 237 g/mol. The van der Waals surface area contributed by atoms with Crippen LogP contribution in [0.1, 0.15) is 26.2 Å². The third-order valence-corrected chi connectivity index (χ3v) is 3.30. The highest BCUT2D eigenvalue weighted by Crippen LogP contribution is 2.23. The summed E-state index contributed by atoms with van der Waals surface area (Å²) in [5, 5.41) is 3.37. The highest BCUT2D eigenvalue weighted by Gasteiger charge is 2.25. The largest absolute Gasteiger partial charge is 0.490 e. The van der Waals surface area contributed by atoms with E-state index in [1.165, 1.54) is 18.6 Å². The van der Waals surface area contributed by atoms with Gasteiger partial charge >= 0.3 is 0 Å². The summed E-state index contributed by atoms with van der Waals surface area (Å²) in [5.41, 5.74) is 0. The number of ether oxygens (including phenoxy) is 1. The van der Waals surface area contributed by atoms with Crippen LogP contribution in [0.15, 0.2) is 24.3 Å².